The van der Waals surface area contributed by atoms with Crippen LogP contribution in [0, 0.1) is 12.8 Å². The molecule has 1 atom stereocenters. The summed E-state index contributed by atoms with van der Waals surface area (Å²) >= 11 is 7.01. The van der Waals surface area contributed by atoms with Gasteiger partial charge in [-0.15, -0.1) is 11.3 Å². The van der Waals surface area contributed by atoms with Crippen LogP contribution in [0.1, 0.15) is 25.3 Å². The van der Waals surface area contributed by atoms with Crippen molar-refractivity contribution in [3.8, 4) is 0 Å². The van der Waals surface area contributed by atoms with Crippen molar-refractivity contribution in [3.63, 3.8) is 0 Å². The van der Waals surface area contributed by atoms with Crippen LogP contribution in [0.25, 0.3) is 0 Å². The molecule has 0 unspecified atom stereocenters. The van der Waals surface area contributed by atoms with Crippen LogP contribution >= 0.6 is 22.9 Å². The Hall–Kier alpha value is -0.630. The van der Waals surface area contributed by atoms with Gasteiger partial charge in [0.05, 0.1) is 16.9 Å². The van der Waals surface area contributed by atoms with E-state index in [0.717, 1.165) is 16.9 Å². The number of carbonyl (C=O) groups is 1. The maximum Gasteiger partial charge on any atom is 0.310 e. The van der Waals surface area contributed by atoms with E-state index in [1.165, 1.54) is 4.31 Å². The Labute approximate surface area is 133 Å². The number of halogens is 1. The van der Waals surface area contributed by atoms with Gasteiger partial charge in [0.15, 0.2) is 0 Å². The molecule has 0 saturated carbocycles. The first-order valence-corrected chi connectivity index (χ1v) is 9.42. The molecule has 1 aliphatic heterocycles. The number of hydrogen-bond donors (Lipinski definition) is 0. The van der Waals surface area contributed by atoms with Gasteiger partial charge in [-0.2, -0.15) is 4.31 Å². The zero-order chi connectivity index (χ0) is 15.6. The highest BCUT2D eigenvalue weighted by Crippen LogP contribution is 2.33. The lowest BCUT2D eigenvalue weighted by molar-refractivity contribution is -0.149. The van der Waals surface area contributed by atoms with Crippen molar-refractivity contribution in [3.05, 3.63) is 16.0 Å². The molecule has 2 heterocycles. The summed E-state index contributed by atoms with van der Waals surface area (Å²) in [6.07, 6.45) is 1.32. The zero-order valence-electron chi connectivity index (χ0n) is 12.0. The standard InChI is InChI=1S/C13H18ClNO4S2/c1-3-19-13(16)10-5-4-6-15(8-10)21(17,18)11-7-9(2)12(14)20-11/h7,10H,3-6,8H2,1-2H3/t10-/m0/s1. The van der Waals surface area contributed by atoms with Crippen molar-refractivity contribution < 1.29 is 17.9 Å². The summed E-state index contributed by atoms with van der Waals surface area (Å²) in [5.41, 5.74) is 0.749. The average Bonchev–Trinajstić information content (AvgIpc) is 2.80. The number of thiophene rings is 1. The normalized spacial score (nSPS) is 20.4. The minimum absolute atomic E-state index is 0.176. The van der Waals surface area contributed by atoms with E-state index in [4.69, 9.17) is 16.3 Å². The summed E-state index contributed by atoms with van der Waals surface area (Å²) in [7, 11) is -3.59. The molecule has 0 aromatic carbocycles. The summed E-state index contributed by atoms with van der Waals surface area (Å²) in [6, 6.07) is 1.58. The van der Waals surface area contributed by atoms with Crippen LogP contribution in [0.3, 0.4) is 0 Å². The number of carbonyl (C=O) groups excluding carboxylic acids is 1. The van der Waals surface area contributed by atoms with E-state index < -0.39 is 10.0 Å². The summed E-state index contributed by atoms with van der Waals surface area (Å²) in [4.78, 5) is 11.8. The second-order valence-corrected chi connectivity index (χ2v) is 8.80. The third-order valence-electron chi connectivity index (χ3n) is 3.43. The minimum Gasteiger partial charge on any atom is -0.466 e. The summed E-state index contributed by atoms with van der Waals surface area (Å²) in [5, 5.41) is 0. The quantitative estimate of drug-likeness (QED) is 0.782. The van der Waals surface area contributed by atoms with Crippen LogP contribution in [0.2, 0.25) is 4.34 Å². The van der Waals surface area contributed by atoms with Gasteiger partial charge in [-0.25, -0.2) is 8.42 Å². The van der Waals surface area contributed by atoms with Crippen molar-refractivity contribution in [1.29, 1.82) is 0 Å². The fourth-order valence-electron chi connectivity index (χ4n) is 2.30. The second kappa shape index (κ2) is 6.64. The molecule has 1 aliphatic rings. The molecule has 1 aromatic heterocycles. The predicted molar refractivity (Wildman–Crippen MR) is 82.2 cm³/mol. The Morgan fingerprint density at radius 3 is 2.86 bits per heavy atom. The summed E-state index contributed by atoms with van der Waals surface area (Å²) in [5.74, 6) is -0.706. The number of nitrogens with zero attached hydrogens (tertiary/aromatic N) is 1. The van der Waals surface area contributed by atoms with Gasteiger partial charge in [0.2, 0.25) is 0 Å². The first-order valence-electron chi connectivity index (χ1n) is 6.79. The van der Waals surface area contributed by atoms with Crippen LogP contribution in [-0.2, 0) is 19.6 Å². The molecule has 0 N–H and O–H groups in total. The maximum absolute atomic E-state index is 12.6. The van der Waals surface area contributed by atoms with E-state index in [9.17, 15) is 13.2 Å². The topological polar surface area (TPSA) is 63.7 Å². The SMILES string of the molecule is CCOC(=O)[C@H]1CCCN(S(=O)(=O)c2cc(C)c(Cl)s2)C1. The molecule has 0 radical (unpaired) electrons. The monoisotopic (exact) mass is 351 g/mol. The number of rotatable bonds is 4. The Kier molecular flexibility index (Phi) is 5.29. The van der Waals surface area contributed by atoms with E-state index in [0.29, 0.717) is 30.3 Å². The smallest absolute Gasteiger partial charge is 0.310 e. The van der Waals surface area contributed by atoms with Gasteiger partial charge in [0, 0.05) is 13.1 Å². The third kappa shape index (κ3) is 3.59. The highest BCUT2D eigenvalue weighted by molar-refractivity contribution is 7.91. The molecule has 1 fully saturated rings. The molecule has 0 bridgehead atoms. The van der Waals surface area contributed by atoms with Crippen LogP contribution in [0.5, 0.6) is 0 Å². The van der Waals surface area contributed by atoms with Crippen molar-refractivity contribution in [2.24, 2.45) is 5.92 Å². The number of aryl methyl sites for hydroxylation is 1. The Morgan fingerprint density at radius 2 is 2.29 bits per heavy atom. The van der Waals surface area contributed by atoms with E-state index in [-0.39, 0.29) is 22.6 Å². The Morgan fingerprint density at radius 1 is 1.57 bits per heavy atom. The lowest BCUT2D eigenvalue weighted by atomic mass is 10.0. The second-order valence-electron chi connectivity index (χ2n) is 4.98. The first-order chi connectivity index (χ1) is 9.86. The predicted octanol–water partition coefficient (Wildman–Crippen LogP) is 2.67. The molecular formula is C13H18ClNO4S2. The molecule has 0 spiro atoms. The molecular weight excluding hydrogens is 334 g/mol. The minimum atomic E-state index is -3.59. The van der Waals surface area contributed by atoms with Gasteiger partial charge in [-0.05, 0) is 38.3 Å². The van der Waals surface area contributed by atoms with Gasteiger partial charge in [0.25, 0.3) is 10.0 Å². The Bertz CT molecular complexity index is 607. The van der Waals surface area contributed by atoms with E-state index in [1.807, 2.05) is 0 Å². The molecule has 0 amide bonds. The van der Waals surface area contributed by atoms with Crippen LogP contribution in [0.15, 0.2) is 10.3 Å². The Balaban J connectivity index is 2.18. The molecule has 2 rings (SSSR count). The van der Waals surface area contributed by atoms with Crippen LogP contribution in [0.4, 0.5) is 0 Å². The number of hydrogen-bond acceptors (Lipinski definition) is 5. The lowest BCUT2D eigenvalue weighted by Crippen LogP contribution is -2.42. The average molecular weight is 352 g/mol. The fourth-order valence-corrected chi connectivity index (χ4v) is 5.69. The highest BCUT2D eigenvalue weighted by atomic mass is 35.5. The van der Waals surface area contributed by atoms with Gasteiger partial charge in [0.1, 0.15) is 4.21 Å². The molecule has 8 heteroatoms. The molecule has 5 nitrogen and oxygen atoms in total. The van der Waals surface area contributed by atoms with Crippen molar-refractivity contribution in [1.82, 2.24) is 4.31 Å². The number of piperidine rings is 1. The molecule has 1 saturated heterocycles. The number of esters is 1. The van der Waals surface area contributed by atoms with Crippen molar-refractivity contribution in [2.75, 3.05) is 19.7 Å². The molecule has 118 valence electrons. The number of sulfonamides is 1. The largest absolute Gasteiger partial charge is 0.466 e. The van der Waals surface area contributed by atoms with E-state index in [1.54, 1.807) is 19.9 Å². The van der Waals surface area contributed by atoms with E-state index in [2.05, 4.69) is 0 Å². The maximum atomic E-state index is 12.6. The molecule has 0 aliphatic carbocycles. The lowest BCUT2D eigenvalue weighted by Gasteiger charge is -2.30. The van der Waals surface area contributed by atoms with Gasteiger partial charge in [-0.1, -0.05) is 11.6 Å². The van der Waals surface area contributed by atoms with Crippen LogP contribution < -0.4 is 0 Å². The number of ether oxygens (including phenoxy) is 1. The third-order valence-corrected chi connectivity index (χ3v) is 7.30. The van der Waals surface area contributed by atoms with Gasteiger partial charge in [-0.3, -0.25) is 4.79 Å². The molecule has 1 aromatic rings. The fraction of sp³-hybridized carbons (Fsp3) is 0.615. The van der Waals surface area contributed by atoms with E-state index >= 15 is 0 Å². The summed E-state index contributed by atoms with van der Waals surface area (Å²) < 4.78 is 32.3. The van der Waals surface area contributed by atoms with Crippen molar-refractivity contribution >= 4 is 38.9 Å². The zero-order valence-corrected chi connectivity index (χ0v) is 14.4. The summed E-state index contributed by atoms with van der Waals surface area (Å²) in [6.45, 7) is 4.42. The van der Waals surface area contributed by atoms with Gasteiger partial charge < -0.3 is 4.74 Å². The van der Waals surface area contributed by atoms with Crippen molar-refractivity contribution in [2.45, 2.75) is 30.9 Å². The van der Waals surface area contributed by atoms with Crippen LogP contribution in [-0.4, -0.2) is 38.4 Å². The first kappa shape index (κ1) is 16.7. The molecule has 21 heavy (non-hydrogen) atoms. The highest BCUT2D eigenvalue weighted by Gasteiger charge is 2.34. The van der Waals surface area contributed by atoms with Gasteiger partial charge >= 0.3 is 5.97 Å².